The van der Waals surface area contributed by atoms with Crippen molar-refractivity contribution in [1.29, 1.82) is 0 Å². The minimum Gasteiger partial charge on any atom is -0.453 e. The predicted octanol–water partition coefficient (Wildman–Crippen LogP) is 11.1. The SMILES string of the molecule is Cc1ccc(-c2cc(-c3ccc(C(C)(C)C)cc3)c3c(C)ccc(N4c5ccccc5Oc5ccccc54)c3n2)cc1. The summed E-state index contributed by atoms with van der Waals surface area (Å²) in [5, 5.41) is 1.16. The quantitative estimate of drug-likeness (QED) is 0.220. The second-order valence-electron chi connectivity index (χ2n) is 12.2. The van der Waals surface area contributed by atoms with Gasteiger partial charge in [0.2, 0.25) is 0 Å². The van der Waals surface area contributed by atoms with Gasteiger partial charge in [-0.15, -0.1) is 0 Å². The van der Waals surface area contributed by atoms with Crippen molar-refractivity contribution in [3.05, 3.63) is 132 Å². The molecule has 0 atom stereocenters. The fraction of sp³-hybridized carbons (Fsp3) is 0.154. The normalized spacial score (nSPS) is 12.5. The van der Waals surface area contributed by atoms with E-state index >= 15 is 0 Å². The van der Waals surface area contributed by atoms with Gasteiger partial charge >= 0.3 is 0 Å². The lowest BCUT2D eigenvalue weighted by Crippen LogP contribution is -2.16. The lowest BCUT2D eigenvalue weighted by molar-refractivity contribution is 0.477. The summed E-state index contributed by atoms with van der Waals surface area (Å²) in [5.74, 6) is 1.66. The molecule has 7 rings (SSSR count). The first-order valence-corrected chi connectivity index (χ1v) is 14.6. The number of benzene rings is 5. The molecular weight excluding hydrogens is 512 g/mol. The highest BCUT2D eigenvalue weighted by Gasteiger charge is 2.28. The number of fused-ring (bicyclic) bond motifs is 3. The number of pyridine rings is 1. The van der Waals surface area contributed by atoms with Crippen LogP contribution in [0.5, 0.6) is 11.5 Å². The van der Waals surface area contributed by atoms with Crippen LogP contribution >= 0.6 is 0 Å². The van der Waals surface area contributed by atoms with Crippen molar-refractivity contribution in [3.63, 3.8) is 0 Å². The number of hydrogen-bond donors (Lipinski definition) is 0. The van der Waals surface area contributed by atoms with Crippen LogP contribution in [0.4, 0.5) is 17.1 Å². The lowest BCUT2D eigenvalue weighted by atomic mass is 9.85. The number of aryl methyl sites for hydroxylation is 2. The molecule has 0 N–H and O–H groups in total. The lowest BCUT2D eigenvalue weighted by Gasteiger charge is -2.33. The maximum atomic E-state index is 6.34. The molecule has 5 aromatic carbocycles. The van der Waals surface area contributed by atoms with Crippen molar-refractivity contribution in [2.24, 2.45) is 0 Å². The Kier molecular flexibility index (Phi) is 6.13. The minimum absolute atomic E-state index is 0.0894. The molecule has 0 bridgehead atoms. The average Bonchev–Trinajstić information content (AvgIpc) is 3.00. The van der Waals surface area contributed by atoms with Crippen LogP contribution in [0, 0.1) is 13.8 Å². The highest BCUT2D eigenvalue weighted by atomic mass is 16.5. The smallest absolute Gasteiger partial charge is 0.151 e. The van der Waals surface area contributed by atoms with Crippen LogP contribution in [0.1, 0.15) is 37.5 Å². The van der Waals surface area contributed by atoms with Gasteiger partial charge in [-0.25, -0.2) is 4.98 Å². The first-order chi connectivity index (χ1) is 20.3. The topological polar surface area (TPSA) is 25.4 Å². The zero-order valence-corrected chi connectivity index (χ0v) is 24.8. The van der Waals surface area contributed by atoms with Crippen LogP contribution in [0.2, 0.25) is 0 Å². The summed E-state index contributed by atoms with van der Waals surface area (Å²) in [7, 11) is 0. The average molecular weight is 547 g/mol. The van der Waals surface area contributed by atoms with Crippen LogP contribution in [-0.2, 0) is 5.41 Å². The van der Waals surface area contributed by atoms with E-state index in [-0.39, 0.29) is 5.41 Å². The fourth-order valence-corrected chi connectivity index (χ4v) is 5.89. The first kappa shape index (κ1) is 26.0. The van der Waals surface area contributed by atoms with Crippen molar-refractivity contribution in [2.75, 3.05) is 4.90 Å². The molecule has 206 valence electrons. The van der Waals surface area contributed by atoms with Crippen molar-refractivity contribution in [1.82, 2.24) is 4.98 Å². The zero-order valence-electron chi connectivity index (χ0n) is 24.8. The van der Waals surface area contributed by atoms with E-state index in [1.165, 1.54) is 27.8 Å². The second kappa shape index (κ2) is 9.88. The van der Waals surface area contributed by atoms with Gasteiger partial charge in [0.1, 0.15) is 0 Å². The molecule has 0 unspecified atom stereocenters. The van der Waals surface area contributed by atoms with Crippen LogP contribution in [-0.4, -0.2) is 4.98 Å². The Labute approximate surface area is 248 Å². The molecule has 3 nitrogen and oxygen atoms in total. The van der Waals surface area contributed by atoms with E-state index in [0.717, 1.165) is 50.7 Å². The summed E-state index contributed by atoms with van der Waals surface area (Å²) in [6, 6.07) is 40.9. The molecule has 0 fully saturated rings. The fourth-order valence-electron chi connectivity index (χ4n) is 5.89. The maximum absolute atomic E-state index is 6.34. The Morgan fingerprint density at radius 1 is 0.619 bits per heavy atom. The molecule has 1 aliphatic heterocycles. The molecule has 3 heteroatoms. The third-order valence-electron chi connectivity index (χ3n) is 8.23. The molecule has 6 aromatic rings. The third-order valence-corrected chi connectivity index (χ3v) is 8.23. The van der Waals surface area contributed by atoms with E-state index in [2.05, 4.69) is 131 Å². The summed E-state index contributed by atoms with van der Waals surface area (Å²) < 4.78 is 6.34. The molecule has 2 heterocycles. The molecule has 42 heavy (non-hydrogen) atoms. The zero-order chi connectivity index (χ0) is 29.0. The van der Waals surface area contributed by atoms with E-state index in [1.54, 1.807) is 0 Å². The summed E-state index contributed by atoms with van der Waals surface area (Å²) in [6.45, 7) is 11.1. The third kappa shape index (κ3) is 4.42. The standard InChI is InChI=1S/C39H34N2O/c1-25-14-17-28(18-15-25)31-24-30(27-19-21-29(22-20-27)39(3,4)5)37-26(2)16-23-34(38(37)40-31)41-32-10-6-8-12-35(32)42-36-13-9-7-11-33(36)41/h6-24H,1-5H3. The van der Waals surface area contributed by atoms with E-state index in [9.17, 15) is 0 Å². The van der Waals surface area contributed by atoms with E-state index in [0.29, 0.717) is 0 Å². The first-order valence-electron chi connectivity index (χ1n) is 14.6. The van der Waals surface area contributed by atoms with Gasteiger partial charge in [0.15, 0.2) is 11.5 Å². The van der Waals surface area contributed by atoms with Crippen LogP contribution in [0.15, 0.2) is 115 Å². The number of ether oxygens (including phenoxy) is 1. The number of nitrogens with zero attached hydrogens (tertiary/aromatic N) is 2. The highest BCUT2D eigenvalue weighted by Crippen LogP contribution is 2.52. The molecule has 0 radical (unpaired) electrons. The number of hydrogen-bond acceptors (Lipinski definition) is 3. The van der Waals surface area contributed by atoms with Crippen molar-refractivity contribution >= 4 is 28.0 Å². The molecule has 0 spiro atoms. The number of rotatable bonds is 3. The number of anilines is 3. The highest BCUT2D eigenvalue weighted by molar-refractivity contribution is 6.07. The van der Waals surface area contributed by atoms with Gasteiger partial charge in [-0.05, 0) is 77.9 Å². The van der Waals surface area contributed by atoms with E-state index in [4.69, 9.17) is 9.72 Å². The predicted molar refractivity (Wildman–Crippen MR) is 176 cm³/mol. The minimum atomic E-state index is 0.0894. The van der Waals surface area contributed by atoms with Crippen molar-refractivity contribution in [2.45, 2.75) is 40.0 Å². The molecule has 0 saturated carbocycles. The summed E-state index contributed by atoms with van der Waals surface area (Å²) in [6.07, 6.45) is 0. The summed E-state index contributed by atoms with van der Waals surface area (Å²) in [5.41, 5.74) is 12.3. The number of para-hydroxylation sites is 4. The van der Waals surface area contributed by atoms with E-state index < -0.39 is 0 Å². The Balaban J connectivity index is 1.54. The van der Waals surface area contributed by atoms with Crippen molar-refractivity contribution in [3.8, 4) is 33.9 Å². The van der Waals surface area contributed by atoms with Gasteiger partial charge in [-0.2, -0.15) is 0 Å². The van der Waals surface area contributed by atoms with Gasteiger partial charge in [0.05, 0.1) is 28.3 Å². The summed E-state index contributed by atoms with van der Waals surface area (Å²) >= 11 is 0. The Morgan fingerprint density at radius 3 is 1.83 bits per heavy atom. The molecule has 0 amide bonds. The molecule has 0 aliphatic carbocycles. The van der Waals surface area contributed by atoms with Gasteiger partial charge in [-0.3, -0.25) is 0 Å². The van der Waals surface area contributed by atoms with Gasteiger partial charge in [0, 0.05) is 10.9 Å². The van der Waals surface area contributed by atoms with Gasteiger partial charge in [0.25, 0.3) is 0 Å². The van der Waals surface area contributed by atoms with Gasteiger partial charge in [-0.1, -0.05) is 105 Å². The molecular formula is C39H34N2O. The second-order valence-corrected chi connectivity index (χ2v) is 12.2. The van der Waals surface area contributed by atoms with Crippen LogP contribution < -0.4 is 9.64 Å². The van der Waals surface area contributed by atoms with Crippen LogP contribution in [0.25, 0.3) is 33.3 Å². The van der Waals surface area contributed by atoms with E-state index in [1.807, 2.05) is 24.3 Å². The summed E-state index contributed by atoms with van der Waals surface area (Å²) in [4.78, 5) is 7.72. The largest absolute Gasteiger partial charge is 0.453 e. The molecule has 1 aromatic heterocycles. The number of aromatic nitrogens is 1. The van der Waals surface area contributed by atoms with Crippen LogP contribution in [0.3, 0.4) is 0 Å². The Bertz CT molecular complexity index is 1900. The van der Waals surface area contributed by atoms with Gasteiger partial charge < -0.3 is 9.64 Å². The Morgan fingerprint density at radius 2 is 1.21 bits per heavy atom. The molecule has 1 aliphatic rings. The maximum Gasteiger partial charge on any atom is 0.151 e. The monoisotopic (exact) mass is 546 g/mol. The van der Waals surface area contributed by atoms with Crippen molar-refractivity contribution < 1.29 is 4.74 Å². The Hall–Kier alpha value is -4.89. The molecule has 0 saturated heterocycles.